The van der Waals surface area contributed by atoms with Gasteiger partial charge in [-0.1, -0.05) is 41.7 Å². The summed E-state index contributed by atoms with van der Waals surface area (Å²) in [5.41, 5.74) is 2.30. The van der Waals surface area contributed by atoms with Crippen LogP contribution in [0.25, 0.3) is 0 Å². The van der Waals surface area contributed by atoms with Crippen molar-refractivity contribution in [2.75, 3.05) is 12.4 Å². The van der Waals surface area contributed by atoms with Crippen molar-refractivity contribution >= 4 is 23.5 Å². The van der Waals surface area contributed by atoms with Crippen LogP contribution in [0.4, 0.5) is 5.69 Å². The van der Waals surface area contributed by atoms with Crippen LogP contribution in [0.1, 0.15) is 28.9 Å². The molecule has 1 aromatic carbocycles. The molecule has 1 aromatic heterocycles. The van der Waals surface area contributed by atoms with Gasteiger partial charge in [-0.05, 0) is 48.8 Å². The van der Waals surface area contributed by atoms with Crippen molar-refractivity contribution in [2.24, 2.45) is 0 Å². The third-order valence-corrected chi connectivity index (χ3v) is 5.87. The van der Waals surface area contributed by atoms with Crippen LogP contribution in [-0.4, -0.2) is 57.2 Å². The lowest BCUT2D eigenvalue weighted by Gasteiger charge is -2.24. The monoisotopic (exact) mass is 531 g/mol. The Morgan fingerprint density at radius 1 is 1.15 bits per heavy atom. The number of allylic oxidation sites excluding steroid dienone is 6. The average molecular weight is 532 g/mol. The van der Waals surface area contributed by atoms with Crippen LogP contribution in [0.2, 0.25) is 0 Å². The molecule has 4 rings (SSSR count). The Bertz CT molecular complexity index is 1370. The zero-order chi connectivity index (χ0) is 27.6. The number of ether oxygens (including phenoxy) is 2. The first-order valence-electron chi connectivity index (χ1n) is 12.3. The molecule has 0 saturated heterocycles. The molecule has 2 aliphatic rings. The largest absolute Gasteiger partial charge is 0.478 e. The minimum Gasteiger partial charge on any atom is -0.478 e. The molecule has 0 bridgehead atoms. The zero-order valence-electron chi connectivity index (χ0n) is 21.3. The van der Waals surface area contributed by atoms with E-state index in [9.17, 15) is 19.5 Å². The molecule has 3 N–H and O–H groups in total. The van der Waals surface area contributed by atoms with Gasteiger partial charge in [-0.15, -0.1) is 5.10 Å². The number of rotatable bonds is 11. The van der Waals surface area contributed by atoms with Crippen molar-refractivity contribution in [2.45, 2.75) is 38.2 Å². The first-order chi connectivity index (χ1) is 18.9. The number of aromatic nitrogens is 3. The van der Waals surface area contributed by atoms with E-state index in [-0.39, 0.29) is 30.3 Å². The number of aromatic carboxylic acids is 1. The van der Waals surface area contributed by atoms with Gasteiger partial charge in [-0.2, -0.15) is 0 Å². The molecule has 0 fully saturated rings. The minimum absolute atomic E-state index is 0.00767. The number of nitrogens with zero attached hydrogens (tertiary/aromatic N) is 3. The number of para-hydroxylation sites is 1. The molecule has 202 valence electrons. The Morgan fingerprint density at radius 3 is 2.77 bits per heavy atom. The quantitative estimate of drug-likeness (QED) is 0.376. The smallest absolute Gasteiger partial charge is 0.337 e. The molecule has 1 heterocycles. The standard InChI is InChI=1S/C28H29N5O6/c1-38-25-15-19(12-14-26(34)30-23-10-6-5-9-22(23)28(36)37)11-13-24(25)39-18-21-16-33(32-31-21)17-27(35)29-20-7-3-2-4-8-20/h3,5-16,24-25H,2,4,17-18H2,1H3,(H,29,35)(H,30,34)(H,36,37)/b14-12+. The van der Waals surface area contributed by atoms with Gasteiger partial charge in [0.1, 0.15) is 24.4 Å². The van der Waals surface area contributed by atoms with Gasteiger partial charge in [0.05, 0.1) is 24.1 Å². The van der Waals surface area contributed by atoms with Gasteiger partial charge in [0.25, 0.3) is 0 Å². The average Bonchev–Trinajstić information content (AvgIpc) is 3.38. The fraction of sp³-hybridized carbons (Fsp3) is 0.250. The van der Waals surface area contributed by atoms with E-state index in [1.165, 1.54) is 22.9 Å². The van der Waals surface area contributed by atoms with Gasteiger partial charge in [0, 0.05) is 18.9 Å². The highest BCUT2D eigenvalue weighted by molar-refractivity contribution is 6.04. The summed E-state index contributed by atoms with van der Waals surface area (Å²) in [4.78, 5) is 35.9. The topological polar surface area (TPSA) is 145 Å². The third-order valence-electron chi connectivity index (χ3n) is 5.87. The Hall–Kier alpha value is -4.61. The number of benzene rings is 1. The molecular formula is C28H29N5O6. The predicted octanol–water partition coefficient (Wildman–Crippen LogP) is 2.92. The zero-order valence-corrected chi connectivity index (χ0v) is 21.3. The molecule has 11 heteroatoms. The molecule has 0 saturated carbocycles. The molecule has 0 aliphatic heterocycles. The molecule has 39 heavy (non-hydrogen) atoms. The first kappa shape index (κ1) is 27.4. The highest BCUT2D eigenvalue weighted by Gasteiger charge is 2.21. The van der Waals surface area contributed by atoms with Crippen LogP contribution >= 0.6 is 0 Å². The fourth-order valence-electron chi connectivity index (χ4n) is 3.96. The number of carboxylic acid groups (broad SMARTS) is 1. The molecular weight excluding hydrogens is 502 g/mol. The maximum Gasteiger partial charge on any atom is 0.337 e. The van der Waals surface area contributed by atoms with Crippen LogP contribution in [0, 0.1) is 0 Å². The summed E-state index contributed by atoms with van der Waals surface area (Å²) in [5.74, 6) is -1.78. The van der Waals surface area contributed by atoms with Gasteiger partial charge in [0.2, 0.25) is 11.8 Å². The molecule has 0 radical (unpaired) electrons. The molecule has 2 amide bonds. The van der Waals surface area contributed by atoms with E-state index in [2.05, 4.69) is 20.9 Å². The van der Waals surface area contributed by atoms with E-state index >= 15 is 0 Å². The van der Waals surface area contributed by atoms with E-state index in [1.54, 1.807) is 37.6 Å². The number of carboxylic acids is 1. The highest BCUT2D eigenvalue weighted by Crippen LogP contribution is 2.19. The summed E-state index contributed by atoms with van der Waals surface area (Å²) in [5, 5.41) is 22.8. The summed E-state index contributed by atoms with van der Waals surface area (Å²) in [6, 6.07) is 6.18. The summed E-state index contributed by atoms with van der Waals surface area (Å²) in [6.45, 7) is 0.199. The second kappa shape index (κ2) is 13.3. The van der Waals surface area contributed by atoms with E-state index in [0.717, 1.165) is 24.1 Å². The lowest BCUT2D eigenvalue weighted by molar-refractivity contribution is -0.121. The van der Waals surface area contributed by atoms with E-state index in [0.29, 0.717) is 5.69 Å². The van der Waals surface area contributed by atoms with Crippen molar-refractivity contribution in [3.63, 3.8) is 0 Å². The van der Waals surface area contributed by atoms with E-state index < -0.39 is 24.1 Å². The second-order valence-electron chi connectivity index (χ2n) is 8.77. The number of carbonyl (C=O) groups is 3. The van der Waals surface area contributed by atoms with Crippen LogP contribution in [0.5, 0.6) is 0 Å². The number of hydrogen-bond donors (Lipinski definition) is 3. The summed E-state index contributed by atoms with van der Waals surface area (Å²) in [6.07, 6.45) is 17.0. The van der Waals surface area contributed by atoms with Gasteiger partial charge >= 0.3 is 5.97 Å². The fourth-order valence-corrected chi connectivity index (χ4v) is 3.96. The minimum atomic E-state index is -1.12. The van der Waals surface area contributed by atoms with Gasteiger partial charge < -0.3 is 25.2 Å². The molecule has 2 unspecified atom stereocenters. The van der Waals surface area contributed by atoms with Gasteiger partial charge in [-0.3, -0.25) is 9.59 Å². The van der Waals surface area contributed by atoms with Crippen LogP contribution in [-0.2, 0) is 32.2 Å². The number of amides is 2. The highest BCUT2D eigenvalue weighted by atomic mass is 16.5. The Labute approximate surface area is 225 Å². The number of nitrogens with one attached hydrogen (secondary N) is 2. The van der Waals surface area contributed by atoms with E-state index in [1.807, 2.05) is 30.4 Å². The van der Waals surface area contributed by atoms with Gasteiger partial charge in [0.15, 0.2) is 0 Å². The lowest BCUT2D eigenvalue weighted by atomic mass is 10.0. The van der Waals surface area contributed by atoms with Crippen molar-refractivity contribution in [1.29, 1.82) is 0 Å². The predicted molar refractivity (Wildman–Crippen MR) is 142 cm³/mol. The summed E-state index contributed by atoms with van der Waals surface area (Å²) < 4.78 is 12.9. The molecule has 0 spiro atoms. The van der Waals surface area contributed by atoms with Crippen molar-refractivity contribution in [3.8, 4) is 0 Å². The van der Waals surface area contributed by atoms with Crippen LogP contribution < -0.4 is 10.6 Å². The summed E-state index contributed by atoms with van der Waals surface area (Å²) >= 11 is 0. The van der Waals surface area contributed by atoms with E-state index in [4.69, 9.17) is 9.47 Å². The van der Waals surface area contributed by atoms with Crippen molar-refractivity contribution in [1.82, 2.24) is 20.3 Å². The van der Waals surface area contributed by atoms with Crippen molar-refractivity contribution in [3.05, 3.63) is 102 Å². The summed E-state index contributed by atoms with van der Waals surface area (Å²) in [7, 11) is 1.55. The van der Waals surface area contributed by atoms with Crippen LogP contribution in [0.15, 0.2) is 90.3 Å². The Balaban J connectivity index is 1.27. The number of methoxy groups -OCH3 is 1. The number of hydrogen-bond acceptors (Lipinski definition) is 7. The lowest BCUT2D eigenvalue weighted by Crippen LogP contribution is -2.29. The molecule has 11 nitrogen and oxygen atoms in total. The normalized spacial score (nSPS) is 18.5. The second-order valence-corrected chi connectivity index (χ2v) is 8.77. The Kier molecular flexibility index (Phi) is 9.33. The number of carbonyl (C=O) groups excluding carboxylic acids is 2. The maximum absolute atomic E-state index is 12.3. The third kappa shape index (κ3) is 7.94. The van der Waals surface area contributed by atoms with Gasteiger partial charge in [-0.25, -0.2) is 9.48 Å². The molecule has 2 aliphatic carbocycles. The number of anilines is 1. The Morgan fingerprint density at radius 2 is 2.00 bits per heavy atom. The molecule has 2 aromatic rings. The van der Waals surface area contributed by atoms with Crippen molar-refractivity contribution < 1.29 is 29.0 Å². The van der Waals surface area contributed by atoms with Crippen LogP contribution in [0.3, 0.4) is 0 Å². The SMILES string of the molecule is COC1C=C(/C=C/C(=O)Nc2ccccc2C(=O)O)C=CC1OCc1cn(CC(=O)NC2=CCCC=C2)nn1. The molecule has 2 atom stereocenters. The first-order valence-corrected chi connectivity index (χ1v) is 12.3. The maximum atomic E-state index is 12.3.